The highest BCUT2D eigenvalue weighted by atomic mass is 15.3. The normalized spacial score (nSPS) is 15.6. The Morgan fingerprint density at radius 3 is 3.06 bits per heavy atom. The maximum Gasteiger partial charge on any atom is 0.157 e. The van der Waals surface area contributed by atoms with Gasteiger partial charge < -0.3 is 10.6 Å². The smallest absolute Gasteiger partial charge is 0.157 e. The lowest BCUT2D eigenvalue weighted by atomic mass is 10.4. The number of nitrogens with two attached hydrogens (primary N) is 1. The van der Waals surface area contributed by atoms with Gasteiger partial charge >= 0.3 is 0 Å². The molecule has 1 saturated carbocycles. The number of anilines is 1. The van der Waals surface area contributed by atoms with Gasteiger partial charge in [-0.25, -0.2) is 9.50 Å². The van der Waals surface area contributed by atoms with Gasteiger partial charge in [0.1, 0.15) is 5.82 Å². The number of hydrogen-bond acceptors (Lipinski definition) is 4. The van der Waals surface area contributed by atoms with Crippen LogP contribution in [-0.4, -0.2) is 33.7 Å². The van der Waals surface area contributed by atoms with Crippen LogP contribution in [0.25, 0.3) is 5.65 Å². The zero-order chi connectivity index (χ0) is 11.0. The van der Waals surface area contributed by atoms with E-state index in [9.17, 15) is 0 Å². The van der Waals surface area contributed by atoms with E-state index in [-0.39, 0.29) is 0 Å². The van der Waals surface area contributed by atoms with Crippen molar-refractivity contribution in [2.45, 2.75) is 18.9 Å². The van der Waals surface area contributed by atoms with Crippen LogP contribution < -0.4 is 10.6 Å². The molecule has 2 aromatic rings. The summed E-state index contributed by atoms with van der Waals surface area (Å²) in [5.74, 6) is 1.01. The predicted molar refractivity (Wildman–Crippen MR) is 62.4 cm³/mol. The van der Waals surface area contributed by atoms with E-state index in [1.165, 1.54) is 12.8 Å². The van der Waals surface area contributed by atoms with Crippen molar-refractivity contribution in [3.63, 3.8) is 0 Å². The Bertz CT molecular complexity index is 488. The summed E-state index contributed by atoms with van der Waals surface area (Å²) in [5.41, 5.74) is 6.53. The van der Waals surface area contributed by atoms with Crippen LogP contribution in [0.2, 0.25) is 0 Å². The molecular weight excluding hydrogens is 202 g/mol. The predicted octanol–water partition coefficient (Wildman–Crippen LogP) is 0.657. The van der Waals surface area contributed by atoms with E-state index >= 15 is 0 Å². The number of aromatic nitrogens is 3. The van der Waals surface area contributed by atoms with Crippen LogP contribution in [-0.2, 0) is 0 Å². The Labute approximate surface area is 93.9 Å². The molecule has 2 aromatic heterocycles. The monoisotopic (exact) mass is 217 g/mol. The molecule has 16 heavy (non-hydrogen) atoms. The van der Waals surface area contributed by atoms with E-state index in [4.69, 9.17) is 5.73 Å². The first-order valence-electron chi connectivity index (χ1n) is 5.65. The second-order valence-corrected chi connectivity index (χ2v) is 4.13. The van der Waals surface area contributed by atoms with Gasteiger partial charge in [0, 0.05) is 31.4 Å². The minimum atomic E-state index is 0.640. The second-order valence-electron chi connectivity index (χ2n) is 4.13. The van der Waals surface area contributed by atoms with Crippen LogP contribution in [0.3, 0.4) is 0 Å². The molecule has 5 nitrogen and oxygen atoms in total. The van der Waals surface area contributed by atoms with Crippen LogP contribution in [0.15, 0.2) is 24.5 Å². The lowest BCUT2D eigenvalue weighted by molar-refractivity contribution is 0.768. The molecule has 0 amide bonds. The molecule has 0 aliphatic heterocycles. The topological polar surface area (TPSA) is 59.5 Å². The summed E-state index contributed by atoms with van der Waals surface area (Å²) in [7, 11) is 0. The third-order valence-corrected chi connectivity index (χ3v) is 2.90. The molecule has 5 heteroatoms. The molecule has 84 valence electrons. The highest BCUT2D eigenvalue weighted by molar-refractivity contribution is 5.48. The molecule has 0 bridgehead atoms. The summed E-state index contributed by atoms with van der Waals surface area (Å²) in [5, 5.41) is 4.14. The first-order chi connectivity index (χ1) is 7.88. The van der Waals surface area contributed by atoms with E-state index < -0.39 is 0 Å². The Kier molecular flexibility index (Phi) is 2.25. The van der Waals surface area contributed by atoms with Gasteiger partial charge in [0.05, 0.1) is 6.20 Å². The largest absolute Gasteiger partial charge is 0.352 e. The highest BCUT2D eigenvalue weighted by Crippen LogP contribution is 2.30. The fourth-order valence-corrected chi connectivity index (χ4v) is 1.97. The summed E-state index contributed by atoms with van der Waals surface area (Å²) in [6, 6.07) is 4.56. The van der Waals surface area contributed by atoms with Gasteiger partial charge in [0.15, 0.2) is 5.65 Å². The zero-order valence-electron chi connectivity index (χ0n) is 9.08. The first kappa shape index (κ1) is 9.59. The van der Waals surface area contributed by atoms with Gasteiger partial charge in [0.25, 0.3) is 0 Å². The van der Waals surface area contributed by atoms with Crippen molar-refractivity contribution in [3.8, 4) is 0 Å². The van der Waals surface area contributed by atoms with Gasteiger partial charge in [-0.2, -0.15) is 5.10 Å². The summed E-state index contributed by atoms with van der Waals surface area (Å²) >= 11 is 0. The fraction of sp³-hybridized carbons (Fsp3) is 0.455. The number of hydrogen-bond donors (Lipinski definition) is 1. The van der Waals surface area contributed by atoms with Gasteiger partial charge in [0.2, 0.25) is 0 Å². The minimum Gasteiger partial charge on any atom is -0.352 e. The van der Waals surface area contributed by atoms with Crippen molar-refractivity contribution in [3.05, 3.63) is 24.5 Å². The van der Waals surface area contributed by atoms with E-state index in [2.05, 4.69) is 15.0 Å². The quantitative estimate of drug-likeness (QED) is 0.817. The number of rotatable bonds is 4. The van der Waals surface area contributed by atoms with Crippen LogP contribution in [0.5, 0.6) is 0 Å². The van der Waals surface area contributed by atoms with Crippen molar-refractivity contribution >= 4 is 11.5 Å². The molecule has 0 spiro atoms. The first-order valence-corrected chi connectivity index (χ1v) is 5.65. The molecule has 2 heterocycles. The molecule has 1 aliphatic rings. The van der Waals surface area contributed by atoms with E-state index in [0.29, 0.717) is 12.6 Å². The molecule has 0 radical (unpaired) electrons. The van der Waals surface area contributed by atoms with Crippen LogP contribution in [0.4, 0.5) is 5.82 Å². The maximum atomic E-state index is 5.64. The molecule has 0 aromatic carbocycles. The van der Waals surface area contributed by atoms with Crippen LogP contribution in [0.1, 0.15) is 12.8 Å². The SMILES string of the molecule is NCCN(c1ccn2nccc2n1)C1CC1. The molecule has 0 saturated heterocycles. The van der Waals surface area contributed by atoms with Gasteiger partial charge in [-0.3, -0.25) is 0 Å². The molecular formula is C11H15N5. The molecule has 0 unspecified atom stereocenters. The molecule has 3 rings (SSSR count). The highest BCUT2D eigenvalue weighted by Gasteiger charge is 2.29. The Morgan fingerprint density at radius 2 is 2.31 bits per heavy atom. The van der Waals surface area contributed by atoms with Crippen molar-refractivity contribution < 1.29 is 0 Å². The lowest BCUT2D eigenvalue weighted by Crippen LogP contribution is -2.32. The average Bonchev–Trinajstić information content (AvgIpc) is 3.03. The van der Waals surface area contributed by atoms with Gasteiger partial charge in [-0.05, 0) is 18.9 Å². The zero-order valence-corrected chi connectivity index (χ0v) is 9.08. The lowest BCUT2D eigenvalue weighted by Gasteiger charge is -2.22. The molecule has 1 fully saturated rings. The summed E-state index contributed by atoms with van der Waals surface area (Å²) in [4.78, 5) is 6.88. The van der Waals surface area contributed by atoms with Crippen molar-refractivity contribution in [2.75, 3.05) is 18.0 Å². The third-order valence-electron chi connectivity index (χ3n) is 2.90. The maximum absolute atomic E-state index is 5.64. The van der Waals surface area contributed by atoms with Crippen molar-refractivity contribution in [1.29, 1.82) is 0 Å². The fourth-order valence-electron chi connectivity index (χ4n) is 1.97. The van der Waals surface area contributed by atoms with Gasteiger partial charge in [-0.1, -0.05) is 0 Å². The van der Waals surface area contributed by atoms with E-state index in [0.717, 1.165) is 18.0 Å². The summed E-state index contributed by atoms with van der Waals surface area (Å²) in [6.45, 7) is 1.55. The van der Waals surface area contributed by atoms with E-state index in [1.807, 2.05) is 18.3 Å². The van der Waals surface area contributed by atoms with Crippen molar-refractivity contribution in [2.24, 2.45) is 5.73 Å². The van der Waals surface area contributed by atoms with Crippen LogP contribution >= 0.6 is 0 Å². The molecule has 2 N–H and O–H groups in total. The standard InChI is InChI=1S/C11H15N5/c12-5-8-15(9-1-2-9)10-4-7-16-11(14-10)3-6-13-16/h3-4,6-7,9H,1-2,5,8,12H2. The molecule has 1 aliphatic carbocycles. The van der Waals surface area contributed by atoms with Gasteiger partial charge in [-0.15, -0.1) is 0 Å². The summed E-state index contributed by atoms with van der Waals surface area (Å²) < 4.78 is 1.77. The van der Waals surface area contributed by atoms with E-state index in [1.54, 1.807) is 10.7 Å². The summed E-state index contributed by atoms with van der Waals surface area (Å²) in [6.07, 6.45) is 6.22. The Hall–Kier alpha value is -1.62. The average molecular weight is 217 g/mol. The molecule has 0 atom stereocenters. The Morgan fingerprint density at radius 1 is 1.44 bits per heavy atom. The van der Waals surface area contributed by atoms with Crippen LogP contribution in [0, 0.1) is 0 Å². The third kappa shape index (κ3) is 1.63. The Balaban J connectivity index is 1.95. The van der Waals surface area contributed by atoms with Crippen molar-refractivity contribution in [1.82, 2.24) is 14.6 Å². The number of fused-ring (bicyclic) bond motifs is 1. The number of nitrogens with zero attached hydrogens (tertiary/aromatic N) is 4. The minimum absolute atomic E-state index is 0.640. The second kappa shape index (κ2) is 3.75.